The van der Waals surface area contributed by atoms with Crippen molar-refractivity contribution < 1.29 is 9.53 Å². The van der Waals surface area contributed by atoms with Crippen molar-refractivity contribution in [3.05, 3.63) is 29.8 Å². The van der Waals surface area contributed by atoms with Gasteiger partial charge in [-0.1, -0.05) is 18.2 Å². The number of carbonyl (C=O) groups excluding carboxylic acids is 1. The molecule has 3 rings (SSSR count). The van der Waals surface area contributed by atoms with Crippen molar-refractivity contribution in [2.75, 3.05) is 18.5 Å². The average Bonchev–Trinajstić information content (AvgIpc) is 2.84. The Morgan fingerprint density at radius 2 is 2.06 bits per heavy atom. The number of nitrogens with one attached hydrogen (secondary N) is 2. The molecule has 1 aromatic rings. The molecule has 2 aliphatic rings. The number of rotatable bonds is 2. The van der Waals surface area contributed by atoms with Gasteiger partial charge >= 0.3 is 0 Å². The van der Waals surface area contributed by atoms with Crippen LogP contribution in [0.4, 0.5) is 5.69 Å². The SMILES string of the molecule is O=C(NC1CCOCC1)C1Cc2ccccc2N1. The third kappa shape index (κ3) is 2.34. The molecule has 18 heavy (non-hydrogen) atoms. The molecule has 0 bridgehead atoms. The monoisotopic (exact) mass is 246 g/mol. The van der Waals surface area contributed by atoms with Gasteiger partial charge < -0.3 is 15.4 Å². The first-order chi connectivity index (χ1) is 8.83. The molecule has 1 atom stereocenters. The summed E-state index contributed by atoms with van der Waals surface area (Å²) in [7, 11) is 0. The fourth-order valence-electron chi connectivity index (χ4n) is 2.60. The fourth-order valence-corrected chi connectivity index (χ4v) is 2.60. The lowest BCUT2D eigenvalue weighted by Crippen LogP contribution is -2.45. The molecule has 4 heteroatoms. The maximum Gasteiger partial charge on any atom is 0.243 e. The standard InChI is InChI=1S/C14H18N2O2/c17-14(15-11-5-7-18-8-6-11)13-9-10-3-1-2-4-12(10)16-13/h1-4,11,13,16H,5-9H2,(H,15,17). The smallest absolute Gasteiger partial charge is 0.243 e. The summed E-state index contributed by atoms with van der Waals surface area (Å²) in [5, 5.41) is 6.39. The number of hydrogen-bond acceptors (Lipinski definition) is 3. The Morgan fingerprint density at radius 3 is 2.83 bits per heavy atom. The third-order valence-electron chi connectivity index (χ3n) is 3.66. The van der Waals surface area contributed by atoms with Gasteiger partial charge in [-0.25, -0.2) is 0 Å². The molecule has 1 saturated heterocycles. The minimum Gasteiger partial charge on any atom is -0.381 e. The lowest BCUT2D eigenvalue weighted by atomic mass is 10.1. The molecule has 96 valence electrons. The summed E-state index contributed by atoms with van der Waals surface area (Å²) >= 11 is 0. The van der Waals surface area contributed by atoms with Crippen molar-refractivity contribution in [2.45, 2.75) is 31.3 Å². The number of para-hydroxylation sites is 1. The predicted octanol–water partition coefficient (Wildman–Crippen LogP) is 1.32. The van der Waals surface area contributed by atoms with E-state index in [2.05, 4.69) is 16.7 Å². The van der Waals surface area contributed by atoms with Crippen molar-refractivity contribution in [1.29, 1.82) is 0 Å². The minimum absolute atomic E-state index is 0.109. The van der Waals surface area contributed by atoms with Gasteiger partial charge in [0.2, 0.25) is 5.91 Å². The Morgan fingerprint density at radius 1 is 1.28 bits per heavy atom. The molecule has 1 fully saturated rings. The highest BCUT2D eigenvalue weighted by molar-refractivity contribution is 5.87. The zero-order valence-electron chi connectivity index (χ0n) is 10.3. The van der Waals surface area contributed by atoms with E-state index in [-0.39, 0.29) is 18.0 Å². The summed E-state index contributed by atoms with van der Waals surface area (Å²) in [5.74, 6) is 0.109. The first-order valence-electron chi connectivity index (χ1n) is 6.55. The molecule has 2 heterocycles. The van der Waals surface area contributed by atoms with E-state index in [1.165, 1.54) is 5.56 Å². The van der Waals surface area contributed by atoms with Crippen LogP contribution in [0, 0.1) is 0 Å². The molecule has 2 N–H and O–H groups in total. The largest absolute Gasteiger partial charge is 0.381 e. The summed E-state index contributed by atoms with van der Waals surface area (Å²) in [5.41, 5.74) is 2.31. The minimum atomic E-state index is -0.120. The van der Waals surface area contributed by atoms with E-state index >= 15 is 0 Å². The van der Waals surface area contributed by atoms with Crippen LogP contribution in [0.25, 0.3) is 0 Å². The van der Waals surface area contributed by atoms with Crippen LogP contribution in [0.5, 0.6) is 0 Å². The molecule has 4 nitrogen and oxygen atoms in total. The first-order valence-corrected chi connectivity index (χ1v) is 6.55. The number of carbonyl (C=O) groups is 1. The van der Waals surface area contributed by atoms with Gasteiger partial charge in [-0.3, -0.25) is 4.79 Å². The number of ether oxygens (including phenoxy) is 1. The number of fused-ring (bicyclic) bond motifs is 1. The molecule has 0 aromatic heterocycles. The Balaban J connectivity index is 1.58. The molecule has 0 saturated carbocycles. The molecule has 1 aromatic carbocycles. The van der Waals surface area contributed by atoms with Gasteiger partial charge in [-0.2, -0.15) is 0 Å². The Hall–Kier alpha value is -1.55. The van der Waals surface area contributed by atoms with Crippen LogP contribution in [0.15, 0.2) is 24.3 Å². The zero-order valence-corrected chi connectivity index (χ0v) is 10.3. The van der Waals surface area contributed by atoms with Crippen molar-refractivity contribution in [3.63, 3.8) is 0 Å². The second kappa shape index (κ2) is 4.98. The van der Waals surface area contributed by atoms with Crippen molar-refractivity contribution in [3.8, 4) is 0 Å². The van der Waals surface area contributed by atoms with Crippen molar-refractivity contribution in [1.82, 2.24) is 5.32 Å². The van der Waals surface area contributed by atoms with Crippen LogP contribution < -0.4 is 10.6 Å². The highest BCUT2D eigenvalue weighted by Gasteiger charge is 2.28. The Kier molecular flexibility index (Phi) is 3.19. The molecular formula is C14H18N2O2. The highest BCUT2D eigenvalue weighted by Crippen LogP contribution is 2.25. The topological polar surface area (TPSA) is 50.4 Å². The molecule has 0 spiro atoms. The molecular weight excluding hydrogens is 228 g/mol. The summed E-state index contributed by atoms with van der Waals surface area (Å²) in [6, 6.07) is 8.26. The van der Waals surface area contributed by atoms with E-state index in [1.807, 2.05) is 18.2 Å². The van der Waals surface area contributed by atoms with E-state index in [1.54, 1.807) is 0 Å². The lowest BCUT2D eigenvalue weighted by molar-refractivity contribution is -0.123. The predicted molar refractivity (Wildman–Crippen MR) is 69.5 cm³/mol. The third-order valence-corrected chi connectivity index (χ3v) is 3.66. The highest BCUT2D eigenvalue weighted by atomic mass is 16.5. The van der Waals surface area contributed by atoms with Crippen LogP contribution in [-0.4, -0.2) is 31.2 Å². The molecule has 0 aliphatic carbocycles. The zero-order chi connectivity index (χ0) is 12.4. The van der Waals surface area contributed by atoms with Gasteiger partial charge in [0.05, 0.1) is 0 Å². The molecule has 0 radical (unpaired) electrons. The summed E-state index contributed by atoms with van der Waals surface area (Å²) in [4.78, 5) is 12.2. The van der Waals surface area contributed by atoms with E-state index in [9.17, 15) is 4.79 Å². The summed E-state index contributed by atoms with van der Waals surface area (Å²) in [6.07, 6.45) is 2.63. The normalized spacial score (nSPS) is 23.2. The van der Waals surface area contributed by atoms with Gasteiger partial charge in [-0.05, 0) is 24.5 Å². The Bertz CT molecular complexity index is 416. The first kappa shape index (κ1) is 11.5. The van der Waals surface area contributed by atoms with E-state index in [0.717, 1.165) is 38.2 Å². The van der Waals surface area contributed by atoms with E-state index in [0.29, 0.717) is 0 Å². The second-order valence-corrected chi connectivity index (χ2v) is 4.95. The van der Waals surface area contributed by atoms with Crippen LogP contribution in [-0.2, 0) is 16.0 Å². The second-order valence-electron chi connectivity index (χ2n) is 4.95. The van der Waals surface area contributed by atoms with Crippen LogP contribution in [0.2, 0.25) is 0 Å². The van der Waals surface area contributed by atoms with Gasteiger partial charge in [0.25, 0.3) is 0 Å². The molecule has 2 aliphatic heterocycles. The Labute approximate surface area is 107 Å². The molecule has 1 amide bonds. The van der Waals surface area contributed by atoms with Gasteiger partial charge in [-0.15, -0.1) is 0 Å². The number of hydrogen-bond donors (Lipinski definition) is 2. The van der Waals surface area contributed by atoms with Crippen molar-refractivity contribution >= 4 is 11.6 Å². The van der Waals surface area contributed by atoms with Crippen molar-refractivity contribution in [2.24, 2.45) is 0 Å². The van der Waals surface area contributed by atoms with Gasteiger partial charge in [0, 0.05) is 31.4 Å². The maximum absolute atomic E-state index is 12.2. The van der Waals surface area contributed by atoms with Gasteiger partial charge in [0.15, 0.2) is 0 Å². The average molecular weight is 246 g/mol. The van der Waals surface area contributed by atoms with Crippen LogP contribution in [0.3, 0.4) is 0 Å². The van der Waals surface area contributed by atoms with Crippen LogP contribution >= 0.6 is 0 Å². The van der Waals surface area contributed by atoms with E-state index < -0.39 is 0 Å². The lowest BCUT2D eigenvalue weighted by Gasteiger charge is -2.24. The number of anilines is 1. The maximum atomic E-state index is 12.2. The summed E-state index contributed by atoms with van der Waals surface area (Å²) < 4.78 is 5.29. The summed E-state index contributed by atoms with van der Waals surface area (Å²) in [6.45, 7) is 1.51. The van der Waals surface area contributed by atoms with Crippen LogP contribution in [0.1, 0.15) is 18.4 Å². The quantitative estimate of drug-likeness (QED) is 0.827. The number of benzene rings is 1. The molecule has 1 unspecified atom stereocenters. The van der Waals surface area contributed by atoms with Gasteiger partial charge in [0.1, 0.15) is 6.04 Å². The van der Waals surface area contributed by atoms with E-state index in [4.69, 9.17) is 4.74 Å². The fraction of sp³-hybridized carbons (Fsp3) is 0.500. The number of amides is 1.